The quantitative estimate of drug-likeness (QED) is 0.852. The normalized spacial score (nSPS) is 18.8. The fraction of sp³-hybridized carbons (Fsp3) is 0.647. The lowest BCUT2D eigenvalue weighted by molar-refractivity contribution is -0.131. The van der Waals surface area contributed by atoms with E-state index in [1.54, 1.807) is 18.3 Å². The van der Waals surface area contributed by atoms with E-state index in [0.717, 1.165) is 30.1 Å². The molecule has 0 radical (unpaired) electrons. The molecule has 6 nitrogen and oxygen atoms in total. The lowest BCUT2D eigenvalue weighted by Crippen LogP contribution is -2.40. The molecule has 0 aliphatic carbocycles. The van der Waals surface area contributed by atoms with Gasteiger partial charge >= 0.3 is 0 Å². The van der Waals surface area contributed by atoms with Crippen LogP contribution in [-0.4, -0.2) is 39.0 Å². The number of carbonyl (C=O) groups is 1. The Morgan fingerprint density at radius 1 is 1.42 bits per heavy atom. The highest BCUT2D eigenvalue weighted by atomic mass is 32.1. The van der Waals surface area contributed by atoms with E-state index in [2.05, 4.69) is 35.9 Å². The lowest BCUT2D eigenvalue weighted by Gasteiger charge is -2.31. The van der Waals surface area contributed by atoms with Crippen LogP contribution in [0.15, 0.2) is 9.90 Å². The molecule has 7 heteroatoms. The number of piperidine rings is 1. The van der Waals surface area contributed by atoms with Crippen molar-refractivity contribution in [2.24, 2.45) is 0 Å². The van der Waals surface area contributed by atoms with Gasteiger partial charge in [0.1, 0.15) is 0 Å². The standard InChI is InChI=1S/C17H24N4O2S/c1-11-18-15(20-23-11)12-6-5-7-21(9-12)14(22)8-13-10-24-16(19-13)17(2,3)4/h10,12H,5-9H2,1-4H3. The van der Waals surface area contributed by atoms with Crippen molar-refractivity contribution < 1.29 is 9.32 Å². The van der Waals surface area contributed by atoms with Gasteiger partial charge in [-0.15, -0.1) is 11.3 Å². The number of likely N-dealkylation sites (tertiary alicyclic amines) is 1. The molecule has 2 aromatic heterocycles. The van der Waals surface area contributed by atoms with Crippen LogP contribution >= 0.6 is 11.3 Å². The van der Waals surface area contributed by atoms with E-state index >= 15 is 0 Å². The zero-order valence-electron chi connectivity index (χ0n) is 14.7. The van der Waals surface area contributed by atoms with Crippen LogP contribution in [0, 0.1) is 6.92 Å². The van der Waals surface area contributed by atoms with E-state index in [4.69, 9.17) is 4.52 Å². The lowest BCUT2D eigenvalue weighted by atomic mass is 9.97. The number of hydrogen-bond donors (Lipinski definition) is 0. The Kier molecular flexibility index (Phi) is 4.71. The molecule has 1 unspecified atom stereocenters. The van der Waals surface area contributed by atoms with Crippen LogP contribution in [-0.2, 0) is 16.6 Å². The van der Waals surface area contributed by atoms with Gasteiger partial charge in [-0.1, -0.05) is 25.9 Å². The van der Waals surface area contributed by atoms with Crippen LogP contribution in [0.1, 0.15) is 61.9 Å². The van der Waals surface area contributed by atoms with Crippen molar-refractivity contribution >= 4 is 17.2 Å². The maximum Gasteiger partial charge on any atom is 0.228 e. The highest BCUT2D eigenvalue weighted by Gasteiger charge is 2.28. The number of aromatic nitrogens is 3. The first kappa shape index (κ1) is 17.1. The highest BCUT2D eigenvalue weighted by molar-refractivity contribution is 7.09. The summed E-state index contributed by atoms with van der Waals surface area (Å²) in [5.41, 5.74) is 0.894. The van der Waals surface area contributed by atoms with Crippen molar-refractivity contribution in [3.8, 4) is 0 Å². The largest absolute Gasteiger partial charge is 0.342 e. The van der Waals surface area contributed by atoms with Gasteiger partial charge in [-0.05, 0) is 12.8 Å². The van der Waals surface area contributed by atoms with E-state index in [9.17, 15) is 4.79 Å². The van der Waals surface area contributed by atoms with E-state index in [-0.39, 0.29) is 17.2 Å². The zero-order valence-corrected chi connectivity index (χ0v) is 15.5. The predicted molar refractivity (Wildman–Crippen MR) is 92.1 cm³/mol. The summed E-state index contributed by atoms with van der Waals surface area (Å²) in [6.07, 6.45) is 2.33. The SMILES string of the molecule is Cc1nc(C2CCCN(C(=O)Cc3csc(C(C)(C)C)n3)C2)no1. The zero-order chi connectivity index (χ0) is 17.3. The minimum absolute atomic E-state index is 0.0265. The molecule has 0 spiro atoms. The van der Waals surface area contributed by atoms with Crippen LogP contribution in [0.5, 0.6) is 0 Å². The Labute approximate surface area is 146 Å². The molecule has 1 atom stereocenters. The van der Waals surface area contributed by atoms with Gasteiger partial charge in [0.25, 0.3) is 0 Å². The molecule has 0 saturated carbocycles. The summed E-state index contributed by atoms with van der Waals surface area (Å²) in [4.78, 5) is 23.5. The van der Waals surface area contributed by atoms with Crippen LogP contribution in [0.4, 0.5) is 0 Å². The van der Waals surface area contributed by atoms with Crippen molar-refractivity contribution in [2.75, 3.05) is 13.1 Å². The summed E-state index contributed by atoms with van der Waals surface area (Å²) in [5.74, 6) is 1.59. The molecular formula is C17H24N4O2S. The van der Waals surface area contributed by atoms with E-state index in [0.29, 0.717) is 24.7 Å². The minimum Gasteiger partial charge on any atom is -0.342 e. The average molecular weight is 348 g/mol. The second kappa shape index (κ2) is 6.63. The van der Waals surface area contributed by atoms with Gasteiger partial charge in [0.2, 0.25) is 11.8 Å². The molecule has 0 bridgehead atoms. The number of rotatable bonds is 3. The minimum atomic E-state index is 0.0265. The average Bonchev–Trinajstić information content (AvgIpc) is 3.16. The van der Waals surface area contributed by atoms with Crippen molar-refractivity contribution in [2.45, 2.75) is 58.3 Å². The molecule has 0 aromatic carbocycles. The monoisotopic (exact) mass is 348 g/mol. The fourth-order valence-electron chi connectivity index (χ4n) is 2.89. The van der Waals surface area contributed by atoms with Crippen molar-refractivity contribution in [3.63, 3.8) is 0 Å². The fourth-order valence-corrected chi connectivity index (χ4v) is 3.80. The maximum atomic E-state index is 12.6. The molecule has 1 saturated heterocycles. The van der Waals surface area contributed by atoms with Gasteiger partial charge in [0.15, 0.2) is 5.82 Å². The van der Waals surface area contributed by atoms with E-state index < -0.39 is 0 Å². The molecule has 3 heterocycles. The Morgan fingerprint density at radius 2 is 2.21 bits per heavy atom. The summed E-state index contributed by atoms with van der Waals surface area (Å²) in [5, 5.41) is 7.09. The van der Waals surface area contributed by atoms with Crippen LogP contribution in [0.2, 0.25) is 0 Å². The second-order valence-corrected chi connectivity index (χ2v) is 8.28. The Hall–Kier alpha value is -1.76. The molecule has 2 aromatic rings. The first-order valence-electron chi connectivity index (χ1n) is 8.36. The first-order valence-corrected chi connectivity index (χ1v) is 9.24. The van der Waals surface area contributed by atoms with Crippen molar-refractivity contribution in [3.05, 3.63) is 27.8 Å². The number of hydrogen-bond acceptors (Lipinski definition) is 6. The Balaban J connectivity index is 1.63. The van der Waals surface area contributed by atoms with Crippen molar-refractivity contribution in [1.29, 1.82) is 0 Å². The number of carbonyl (C=O) groups excluding carboxylic acids is 1. The van der Waals surface area contributed by atoms with Gasteiger partial charge in [0.05, 0.1) is 17.1 Å². The van der Waals surface area contributed by atoms with Gasteiger partial charge in [0, 0.05) is 36.7 Å². The number of nitrogens with zero attached hydrogens (tertiary/aromatic N) is 4. The second-order valence-electron chi connectivity index (χ2n) is 7.42. The van der Waals surface area contributed by atoms with Gasteiger partial charge < -0.3 is 9.42 Å². The molecule has 3 rings (SSSR count). The van der Waals surface area contributed by atoms with Crippen LogP contribution in [0.25, 0.3) is 0 Å². The third kappa shape index (κ3) is 3.83. The first-order chi connectivity index (χ1) is 11.3. The molecule has 24 heavy (non-hydrogen) atoms. The topological polar surface area (TPSA) is 72.1 Å². The third-order valence-electron chi connectivity index (χ3n) is 4.21. The van der Waals surface area contributed by atoms with Crippen molar-refractivity contribution in [1.82, 2.24) is 20.0 Å². The van der Waals surface area contributed by atoms with Gasteiger partial charge in [-0.2, -0.15) is 4.98 Å². The summed E-state index contributed by atoms with van der Waals surface area (Å²) in [6, 6.07) is 0. The van der Waals surface area contributed by atoms with Crippen LogP contribution < -0.4 is 0 Å². The number of thiazole rings is 1. The maximum absolute atomic E-state index is 12.6. The van der Waals surface area contributed by atoms with Gasteiger partial charge in [-0.25, -0.2) is 4.98 Å². The summed E-state index contributed by atoms with van der Waals surface area (Å²) < 4.78 is 5.07. The number of aryl methyl sites for hydroxylation is 1. The van der Waals surface area contributed by atoms with Crippen LogP contribution in [0.3, 0.4) is 0 Å². The Morgan fingerprint density at radius 3 is 2.83 bits per heavy atom. The molecule has 1 fully saturated rings. The summed E-state index contributed by atoms with van der Waals surface area (Å²) in [7, 11) is 0. The van der Waals surface area contributed by atoms with E-state index in [1.807, 2.05) is 10.3 Å². The molecule has 0 N–H and O–H groups in total. The molecule has 130 valence electrons. The molecular weight excluding hydrogens is 324 g/mol. The molecule has 1 aliphatic heterocycles. The van der Waals surface area contributed by atoms with E-state index in [1.165, 1.54) is 0 Å². The smallest absolute Gasteiger partial charge is 0.228 e. The number of amides is 1. The Bertz CT molecular complexity index is 716. The highest BCUT2D eigenvalue weighted by Crippen LogP contribution is 2.27. The van der Waals surface area contributed by atoms with Gasteiger partial charge in [-0.3, -0.25) is 4.79 Å². The summed E-state index contributed by atoms with van der Waals surface area (Å²) >= 11 is 1.63. The third-order valence-corrected chi connectivity index (χ3v) is 5.53. The predicted octanol–water partition coefficient (Wildman–Crippen LogP) is 3.08. The molecule has 1 amide bonds. The summed E-state index contributed by atoms with van der Waals surface area (Å²) in [6.45, 7) is 9.66. The molecule has 1 aliphatic rings.